The Balaban J connectivity index is 2.48. The highest BCUT2D eigenvalue weighted by Crippen LogP contribution is 2.32. The van der Waals surface area contributed by atoms with Gasteiger partial charge in [0, 0.05) is 6.08 Å². The predicted octanol–water partition coefficient (Wildman–Crippen LogP) is 5.18. The third kappa shape index (κ3) is 5.24. The first-order valence-corrected chi connectivity index (χ1v) is 7.83. The van der Waals surface area contributed by atoms with Crippen molar-refractivity contribution in [1.82, 2.24) is 0 Å². The lowest BCUT2D eigenvalue weighted by molar-refractivity contribution is -0.137. The fraction of sp³-hybridized carbons (Fsp3) is 0.150. The molecule has 0 aromatic heterocycles. The fourth-order valence-electron chi connectivity index (χ4n) is 2.34. The van der Waals surface area contributed by atoms with E-state index in [1.54, 1.807) is 30.3 Å². The molecule has 2 rings (SSSR count). The van der Waals surface area contributed by atoms with Gasteiger partial charge in [0.1, 0.15) is 5.75 Å². The van der Waals surface area contributed by atoms with E-state index in [1.165, 1.54) is 18.2 Å². The van der Waals surface area contributed by atoms with E-state index in [0.717, 1.165) is 18.2 Å². The largest absolute Gasteiger partial charge is 0.494 e. The number of carbonyl (C=O) groups is 1. The molecule has 6 heteroatoms. The first kappa shape index (κ1) is 19.3. The summed E-state index contributed by atoms with van der Waals surface area (Å²) in [5, 5.41) is 8.75. The third-order valence-corrected chi connectivity index (χ3v) is 3.48. The quantitative estimate of drug-likeness (QED) is 0.569. The SMILES string of the molecule is CCOc1cccc(/C(=C\C=C\C(=O)O)c2ccc(C(F)(F)F)cc2)c1. The van der Waals surface area contributed by atoms with Gasteiger partial charge in [0.2, 0.25) is 0 Å². The molecule has 0 fully saturated rings. The smallest absolute Gasteiger partial charge is 0.416 e. The number of halogens is 3. The minimum Gasteiger partial charge on any atom is -0.494 e. The van der Waals surface area contributed by atoms with Crippen LogP contribution in [0.25, 0.3) is 5.57 Å². The number of ether oxygens (including phenoxy) is 1. The molecule has 136 valence electrons. The Morgan fingerprint density at radius 1 is 1.12 bits per heavy atom. The van der Waals surface area contributed by atoms with E-state index >= 15 is 0 Å². The van der Waals surface area contributed by atoms with E-state index in [4.69, 9.17) is 9.84 Å². The Hall–Kier alpha value is -3.02. The topological polar surface area (TPSA) is 46.5 Å². The second kappa shape index (κ2) is 8.38. The number of carboxylic acids is 1. The van der Waals surface area contributed by atoms with Crippen LogP contribution in [0.15, 0.2) is 66.8 Å². The first-order chi connectivity index (χ1) is 12.3. The summed E-state index contributed by atoms with van der Waals surface area (Å²) in [6.07, 6.45) is -0.582. The summed E-state index contributed by atoms with van der Waals surface area (Å²) in [5.74, 6) is -0.499. The van der Waals surface area contributed by atoms with E-state index in [2.05, 4.69) is 0 Å². The normalized spacial score (nSPS) is 12.4. The Kier molecular flexibility index (Phi) is 6.22. The maximum Gasteiger partial charge on any atom is 0.416 e. The number of rotatable bonds is 6. The van der Waals surface area contributed by atoms with Crippen molar-refractivity contribution in [3.63, 3.8) is 0 Å². The van der Waals surface area contributed by atoms with Crippen molar-refractivity contribution < 1.29 is 27.8 Å². The van der Waals surface area contributed by atoms with Gasteiger partial charge >= 0.3 is 12.1 Å². The highest BCUT2D eigenvalue weighted by atomic mass is 19.4. The summed E-state index contributed by atoms with van der Waals surface area (Å²) in [4.78, 5) is 10.7. The molecule has 0 saturated carbocycles. The van der Waals surface area contributed by atoms with Gasteiger partial charge in [-0.05, 0) is 47.9 Å². The van der Waals surface area contributed by atoms with Crippen LogP contribution in [-0.2, 0) is 11.0 Å². The number of carboxylic acid groups (broad SMARTS) is 1. The number of benzene rings is 2. The molecule has 26 heavy (non-hydrogen) atoms. The van der Waals surface area contributed by atoms with Gasteiger partial charge in [-0.3, -0.25) is 0 Å². The molecule has 0 unspecified atom stereocenters. The molecule has 0 aliphatic carbocycles. The van der Waals surface area contributed by atoms with Gasteiger partial charge in [-0.15, -0.1) is 0 Å². The molecule has 0 atom stereocenters. The zero-order valence-electron chi connectivity index (χ0n) is 14.0. The molecule has 0 aliphatic heterocycles. The summed E-state index contributed by atoms with van der Waals surface area (Å²) in [5.41, 5.74) is 1.06. The molecule has 0 saturated heterocycles. The average molecular weight is 362 g/mol. The van der Waals surface area contributed by atoms with Gasteiger partial charge < -0.3 is 9.84 Å². The van der Waals surface area contributed by atoms with Crippen LogP contribution in [0.1, 0.15) is 23.6 Å². The van der Waals surface area contributed by atoms with E-state index in [9.17, 15) is 18.0 Å². The van der Waals surface area contributed by atoms with Crippen molar-refractivity contribution in [2.75, 3.05) is 6.61 Å². The van der Waals surface area contributed by atoms with Crippen LogP contribution in [0, 0.1) is 0 Å². The van der Waals surface area contributed by atoms with E-state index in [-0.39, 0.29) is 0 Å². The highest BCUT2D eigenvalue weighted by molar-refractivity contribution is 5.84. The number of allylic oxidation sites excluding steroid dienone is 2. The third-order valence-electron chi connectivity index (χ3n) is 3.48. The summed E-state index contributed by atoms with van der Waals surface area (Å²) in [7, 11) is 0. The molecule has 3 nitrogen and oxygen atoms in total. The summed E-state index contributed by atoms with van der Waals surface area (Å²) in [6, 6.07) is 11.8. The van der Waals surface area contributed by atoms with Gasteiger partial charge in [-0.2, -0.15) is 13.2 Å². The molecule has 0 bridgehead atoms. The lowest BCUT2D eigenvalue weighted by Gasteiger charge is -2.12. The second-order valence-corrected chi connectivity index (χ2v) is 5.31. The van der Waals surface area contributed by atoms with Crippen LogP contribution >= 0.6 is 0 Å². The molecule has 0 spiro atoms. The first-order valence-electron chi connectivity index (χ1n) is 7.83. The molecule has 2 aromatic carbocycles. The molecule has 1 N–H and O–H groups in total. The maximum atomic E-state index is 12.8. The Morgan fingerprint density at radius 3 is 2.38 bits per heavy atom. The number of hydrogen-bond acceptors (Lipinski definition) is 2. The van der Waals surface area contributed by atoms with Crippen LogP contribution in [0.2, 0.25) is 0 Å². The maximum absolute atomic E-state index is 12.8. The van der Waals surface area contributed by atoms with Gasteiger partial charge in [-0.1, -0.05) is 36.4 Å². The Labute approximate surface area is 149 Å². The summed E-state index contributed by atoms with van der Waals surface area (Å²) < 4.78 is 43.7. The van der Waals surface area contributed by atoms with Crippen LogP contribution in [0.3, 0.4) is 0 Å². The van der Waals surface area contributed by atoms with Crippen molar-refractivity contribution in [2.24, 2.45) is 0 Å². The minimum absolute atomic E-state index is 0.474. The van der Waals surface area contributed by atoms with E-state index in [0.29, 0.717) is 29.1 Å². The van der Waals surface area contributed by atoms with E-state index < -0.39 is 17.7 Å². The van der Waals surface area contributed by atoms with Crippen LogP contribution in [0.5, 0.6) is 5.75 Å². The minimum atomic E-state index is -4.42. The molecular weight excluding hydrogens is 345 g/mol. The van der Waals surface area contributed by atoms with E-state index in [1.807, 2.05) is 6.92 Å². The molecule has 0 aliphatic rings. The highest BCUT2D eigenvalue weighted by Gasteiger charge is 2.30. The second-order valence-electron chi connectivity index (χ2n) is 5.31. The summed E-state index contributed by atoms with van der Waals surface area (Å²) in [6.45, 7) is 2.32. The molecular formula is C20H17F3O3. The zero-order valence-corrected chi connectivity index (χ0v) is 14.0. The van der Waals surface area contributed by atoms with Crippen LogP contribution in [0.4, 0.5) is 13.2 Å². The number of alkyl halides is 3. The average Bonchev–Trinajstić information content (AvgIpc) is 2.58. The van der Waals surface area contributed by atoms with Gasteiger partial charge in [0.05, 0.1) is 12.2 Å². The number of hydrogen-bond donors (Lipinski definition) is 1. The van der Waals surface area contributed by atoms with Crippen LogP contribution in [-0.4, -0.2) is 17.7 Å². The fourth-order valence-corrected chi connectivity index (χ4v) is 2.34. The molecule has 0 heterocycles. The van der Waals surface area contributed by atoms with Crippen molar-refractivity contribution in [3.05, 3.63) is 83.4 Å². The Morgan fingerprint density at radius 2 is 1.81 bits per heavy atom. The van der Waals surface area contributed by atoms with Crippen molar-refractivity contribution >= 4 is 11.5 Å². The molecule has 0 radical (unpaired) electrons. The van der Waals surface area contributed by atoms with Crippen molar-refractivity contribution in [1.29, 1.82) is 0 Å². The predicted molar refractivity (Wildman–Crippen MR) is 92.9 cm³/mol. The van der Waals surface area contributed by atoms with Gasteiger partial charge in [0.25, 0.3) is 0 Å². The molecule has 2 aromatic rings. The van der Waals surface area contributed by atoms with Crippen molar-refractivity contribution in [2.45, 2.75) is 13.1 Å². The number of aliphatic carboxylic acids is 1. The standard InChI is InChI=1S/C20H17F3O3/c1-2-26-17-6-3-5-15(13-17)18(7-4-8-19(24)25)14-9-11-16(12-10-14)20(21,22)23/h3-13H,2H2,1H3,(H,24,25)/b8-4+,18-7-. The van der Waals surface area contributed by atoms with Crippen molar-refractivity contribution in [3.8, 4) is 5.75 Å². The van der Waals surface area contributed by atoms with Crippen LogP contribution < -0.4 is 4.74 Å². The van der Waals surface area contributed by atoms with Gasteiger partial charge in [-0.25, -0.2) is 4.79 Å². The monoisotopic (exact) mass is 362 g/mol. The Bertz CT molecular complexity index is 819. The van der Waals surface area contributed by atoms with Gasteiger partial charge in [0.15, 0.2) is 0 Å². The lowest BCUT2D eigenvalue weighted by atomic mass is 9.96. The summed E-state index contributed by atoms with van der Waals surface area (Å²) >= 11 is 0. The molecule has 0 amide bonds. The zero-order chi connectivity index (χ0) is 19.2. The lowest BCUT2D eigenvalue weighted by Crippen LogP contribution is -2.04.